The van der Waals surface area contributed by atoms with Crippen LogP contribution in [0.25, 0.3) is 0 Å². The number of carbonyl (C=O) groups is 1. The van der Waals surface area contributed by atoms with Gasteiger partial charge in [-0.1, -0.05) is 0 Å². The van der Waals surface area contributed by atoms with E-state index in [4.69, 9.17) is 14.0 Å². The third-order valence-electron chi connectivity index (χ3n) is 4.16. The number of benzene rings is 1. The first-order chi connectivity index (χ1) is 10.1. The van der Waals surface area contributed by atoms with Gasteiger partial charge < -0.3 is 14.0 Å². The molecule has 0 bridgehead atoms. The smallest absolute Gasteiger partial charge is 0.465 e. The number of ether oxygens (including phenoxy) is 1. The number of hydrogen-bond acceptors (Lipinski definition) is 6. The summed E-state index contributed by atoms with van der Waals surface area (Å²) in [4.78, 5) is 22.3. The Morgan fingerprint density at radius 2 is 1.77 bits per heavy atom. The molecule has 0 N–H and O–H groups in total. The Balaban J connectivity index is 2.51. The van der Waals surface area contributed by atoms with Gasteiger partial charge in [0, 0.05) is 17.6 Å². The predicted octanol–water partition coefficient (Wildman–Crippen LogP) is 1.68. The normalized spacial score (nSPS) is 19.0. The average Bonchev–Trinajstić information content (AvgIpc) is 2.65. The van der Waals surface area contributed by atoms with Crippen molar-refractivity contribution in [2.75, 3.05) is 7.11 Å². The van der Waals surface area contributed by atoms with Crippen LogP contribution in [0.2, 0.25) is 0 Å². The van der Waals surface area contributed by atoms with E-state index in [1.54, 1.807) is 0 Å². The van der Waals surface area contributed by atoms with Crippen LogP contribution in [0.1, 0.15) is 38.1 Å². The van der Waals surface area contributed by atoms with Crippen LogP contribution in [-0.4, -0.2) is 36.3 Å². The number of nitro groups is 1. The quantitative estimate of drug-likeness (QED) is 0.365. The standard InChI is InChI=1S/C14H18BNO6/c1-13(2)14(3,4)22-15(21-13)11-8-9(16(18)19)6-7-10(11)12(17)20-5/h6-8H,1-5H3. The highest BCUT2D eigenvalue weighted by atomic mass is 16.7. The number of non-ortho nitro benzene ring substituents is 1. The summed E-state index contributed by atoms with van der Waals surface area (Å²) in [5.74, 6) is -0.598. The van der Waals surface area contributed by atoms with Crippen LogP contribution in [0.15, 0.2) is 18.2 Å². The van der Waals surface area contributed by atoms with Gasteiger partial charge in [0.05, 0.1) is 28.8 Å². The highest BCUT2D eigenvalue weighted by Gasteiger charge is 2.52. The lowest BCUT2D eigenvalue weighted by Crippen LogP contribution is -2.41. The molecule has 118 valence electrons. The Hall–Kier alpha value is -1.93. The lowest BCUT2D eigenvalue weighted by molar-refractivity contribution is -0.384. The van der Waals surface area contributed by atoms with Crippen LogP contribution in [0.4, 0.5) is 5.69 Å². The largest absolute Gasteiger partial charge is 0.495 e. The van der Waals surface area contributed by atoms with Gasteiger partial charge in [0.15, 0.2) is 0 Å². The molecule has 8 heteroatoms. The van der Waals surface area contributed by atoms with Gasteiger partial charge in [-0.05, 0) is 33.8 Å². The molecular weight excluding hydrogens is 289 g/mol. The number of carbonyl (C=O) groups excluding carboxylic acids is 1. The van der Waals surface area contributed by atoms with Gasteiger partial charge in [0.1, 0.15) is 0 Å². The molecule has 0 atom stereocenters. The molecule has 0 saturated carbocycles. The van der Waals surface area contributed by atoms with E-state index < -0.39 is 29.2 Å². The summed E-state index contributed by atoms with van der Waals surface area (Å²) in [7, 11) is 0.372. The van der Waals surface area contributed by atoms with Gasteiger partial charge >= 0.3 is 13.1 Å². The van der Waals surface area contributed by atoms with E-state index in [2.05, 4.69) is 0 Å². The summed E-state index contributed by atoms with van der Waals surface area (Å²) in [6, 6.07) is 3.89. The SMILES string of the molecule is COC(=O)c1ccc([N+](=O)[O-])cc1B1OC(C)(C)C(C)(C)O1. The molecule has 0 unspecified atom stereocenters. The highest BCUT2D eigenvalue weighted by molar-refractivity contribution is 6.63. The third-order valence-corrected chi connectivity index (χ3v) is 4.16. The van der Waals surface area contributed by atoms with Gasteiger partial charge in [-0.25, -0.2) is 4.79 Å². The van der Waals surface area contributed by atoms with Crippen molar-refractivity contribution in [3.63, 3.8) is 0 Å². The van der Waals surface area contributed by atoms with Gasteiger partial charge in [0.2, 0.25) is 0 Å². The molecular formula is C14H18BNO6. The van der Waals surface area contributed by atoms with Crippen molar-refractivity contribution in [1.82, 2.24) is 0 Å². The zero-order valence-corrected chi connectivity index (χ0v) is 13.2. The van der Waals surface area contributed by atoms with Gasteiger partial charge in [-0.15, -0.1) is 0 Å². The molecule has 0 radical (unpaired) electrons. The second-order valence-corrected chi connectivity index (χ2v) is 6.11. The van der Waals surface area contributed by atoms with Crippen molar-refractivity contribution in [3.8, 4) is 0 Å². The Morgan fingerprint density at radius 3 is 2.23 bits per heavy atom. The Labute approximate surface area is 128 Å². The van der Waals surface area contributed by atoms with E-state index >= 15 is 0 Å². The van der Waals surface area contributed by atoms with Crippen molar-refractivity contribution in [1.29, 1.82) is 0 Å². The zero-order chi connectivity index (χ0) is 16.7. The fourth-order valence-electron chi connectivity index (χ4n) is 2.12. The number of esters is 1. The molecule has 1 aliphatic rings. The summed E-state index contributed by atoms with van der Waals surface area (Å²) in [5.41, 5.74) is -0.894. The molecule has 7 nitrogen and oxygen atoms in total. The monoisotopic (exact) mass is 307 g/mol. The molecule has 1 fully saturated rings. The van der Waals surface area contributed by atoms with Crippen LogP contribution in [0, 0.1) is 10.1 Å². The Morgan fingerprint density at radius 1 is 1.23 bits per heavy atom. The molecule has 0 aromatic heterocycles. The van der Waals surface area contributed by atoms with Gasteiger partial charge in [-0.2, -0.15) is 0 Å². The number of nitro benzene ring substituents is 1. The van der Waals surface area contributed by atoms with Crippen LogP contribution >= 0.6 is 0 Å². The van der Waals surface area contributed by atoms with Crippen LogP contribution in [0.3, 0.4) is 0 Å². The minimum absolute atomic E-state index is 0.141. The first kappa shape index (κ1) is 16.4. The fraction of sp³-hybridized carbons (Fsp3) is 0.500. The number of rotatable bonds is 3. The molecule has 1 aliphatic heterocycles. The van der Waals surface area contributed by atoms with E-state index in [1.165, 1.54) is 25.3 Å². The van der Waals surface area contributed by atoms with Crippen molar-refractivity contribution in [3.05, 3.63) is 33.9 Å². The number of methoxy groups -OCH3 is 1. The molecule has 1 heterocycles. The molecule has 22 heavy (non-hydrogen) atoms. The van der Waals surface area contributed by atoms with Crippen LogP contribution < -0.4 is 5.46 Å². The minimum Gasteiger partial charge on any atom is -0.465 e. The molecule has 0 aliphatic carbocycles. The molecule has 0 spiro atoms. The average molecular weight is 307 g/mol. The first-order valence-corrected chi connectivity index (χ1v) is 6.81. The van der Waals surface area contributed by atoms with Crippen molar-refractivity contribution < 1.29 is 23.8 Å². The van der Waals surface area contributed by atoms with E-state index in [1.807, 2.05) is 27.7 Å². The molecule has 0 amide bonds. The van der Waals surface area contributed by atoms with E-state index in [0.717, 1.165) is 0 Å². The van der Waals surface area contributed by atoms with Crippen molar-refractivity contribution in [2.45, 2.75) is 38.9 Å². The first-order valence-electron chi connectivity index (χ1n) is 6.81. The third kappa shape index (κ3) is 2.71. The molecule has 1 aromatic rings. The Bertz CT molecular complexity index is 612. The topological polar surface area (TPSA) is 87.9 Å². The molecule has 2 rings (SSSR count). The van der Waals surface area contributed by atoms with Crippen molar-refractivity contribution >= 4 is 24.2 Å². The van der Waals surface area contributed by atoms with Crippen LogP contribution in [-0.2, 0) is 14.0 Å². The number of nitrogens with zero attached hydrogens (tertiary/aromatic N) is 1. The maximum Gasteiger partial charge on any atom is 0.495 e. The Kier molecular flexibility index (Phi) is 4.01. The highest BCUT2D eigenvalue weighted by Crippen LogP contribution is 2.37. The molecule has 1 saturated heterocycles. The summed E-state index contributed by atoms with van der Waals surface area (Å²) in [6.45, 7) is 7.45. The van der Waals surface area contributed by atoms with Crippen LogP contribution in [0.5, 0.6) is 0 Å². The van der Waals surface area contributed by atoms with Crippen molar-refractivity contribution in [2.24, 2.45) is 0 Å². The lowest BCUT2D eigenvalue weighted by atomic mass is 9.75. The summed E-state index contributed by atoms with van der Waals surface area (Å²) in [6.07, 6.45) is 0. The summed E-state index contributed by atoms with van der Waals surface area (Å²) in [5, 5.41) is 11.0. The maximum absolute atomic E-state index is 11.9. The summed E-state index contributed by atoms with van der Waals surface area (Å²) >= 11 is 0. The predicted molar refractivity (Wildman–Crippen MR) is 80.2 cm³/mol. The van der Waals surface area contributed by atoms with Gasteiger partial charge in [-0.3, -0.25) is 10.1 Å². The second-order valence-electron chi connectivity index (χ2n) is 6.11. The summed E-state index contributed by atoms with van der Waals surface area (Å²) < 4.78 is 16.5. The van der Waals surface area contributed by atoms with E-state index in [9.17, 15) is 14.9 Å². The minimum atomic E-state index is -0.876. The van der Waals surface area contributed by atoms with E-state index in [-0.39, 0.29) is 11.3 Å². The zero-order valence-electron chi connectivity index (χ0n) is 13.2. The van der Waals surface area contributed by atoms with E-state index in [0.29, 0.717) is 5.46 Å². The van der Waals surface area contributed by atoms with Gasteiger partial charge in [0.25, 0.3) is 5.69 Å². The second kappa shape index (κ2) is 5.37. The number of hydrogen-bond donors (Lipinski definition) is 0. The fourth-order valence-corrected chi connectivity index (χ4v) is 2.12. The lowest BCUT2D eigenvalue weighted by Gasteiger charge is -2.32. The maximum atomic E-state index is 11.9. The molecule has 1 aromatic carbocycles.